The van der Waals surface area contributed by atoms with Gasteiger partial charge in [0.2, 0.25) is 5.91 Å². The molecule has 0 aliphatic carbocycles. The predicted molar refractivity (Wildman–Crippen MR) is 115 cm³/mol. The number of nitrogens with one attached hydrogen (secondary N) is 2. The van der Waals surface area contributed by atoms with E-state index < -0.39 is 17.2 Å². The molecule has 0 bridgehead atoms. The highest BCUT2D eigenvalue weighted by atomic mass is 32.2. The molecular formula is C21H17F2N5O3S. The monoisotopic (exact) mass is 457 g/mol. The maximum absolute atomic E-state index is 13.8. The highest BCUT2D eigenvalue weighted by Gasteiger charge is 2.17. The van der Waals surface area contributed by atoms with Gasteiger partial charge in [0, 0.05) is 12.6 Å². The summed E-state index contributed by atoms with van der Waals surface area (Å²) in [5.41, 5.74) is 0.691. The van der Waals surface area contributed by atoms with Crippen LogP contribution in [0.1, 0.15) is 5.56 Å². The Morgan fingerprint density at radius 3 is 2.69 bits per heavy atom. The molecule has 0 radical (unpaired) electrons. The zero-order valence-corrected chi connectivity index (χ0v) is 17.6. The Balaban J connectivity index is 1.54. The van der Waals surface area contributed by atoms with Crippen LogP contribution in [0.15, 0.2) is 58.6 Å². The highest BCUT2D eigenvalue weighted by Crippen LogP contribution is 2.22. The fourth-order valence-electron chi connectivity index (χ4n) is 2.95. The normalized spacial score (nSPS) is 11.0. The summed E-state index contributed by atoms with van der Waals surface area (Å²) < 4.78 is 33.4. The van der Waals surface area contributed by atoms with Gasteiger partial charge in [0.15, 0.2) is 22.4 Å². The third-order valence-electron chi connectivity index (χ3n) is 4.59. The van der Waals surface area contributed by atoms with Crippen LogP contribution in [0.3, 0.4) is 0 Å². The van der Waals surface area contributed by atoms with Crippen LogP contribution in [0.5, 0.6) is 5.75 Å². The summed E-state index contributed by atoms with van der Waals surface area (Å²) in [4.78, 5) is 29.6. The Labute approximate surface area is 184 Å². The number of thioether (sulfide) groups is 1. The second-order valence-electron chi connectivity index (χ2n) is 6.68. The molecule has 2 heterocycles. The second kappa shape index (κ2) is 9.18. The third kappa shape index (κ3) is 4.47. The fraction of sp³-hybridized carbons (Fsp3) is 0.143. The molecule has 0 saturated heterocycles. The quantitative estimate of drug-likeness (QED) is 0.327. The van der Waals surface area contributed by atoms with E-state index >= 15 is 0 Å². The van der Waals surface area contributed by atoms with Crippen LogP contribution in [0.2, 0.25) is 0 Å². The second-order valence-corrected chi connectivity index (χ2v) is 7.62. The number of H-pyrrole nitrogens is 1. The van der Waals surface area contributed by atoms with E-state index in [4.69, 9.17) is 4.74 Å². The number of hydrogen-bond donors (Lipinski definition) is 2. The maximum atomic E-state index is 13.8. The number of aromatic nitrogens is 4. The molecule has 0 unspecified atom stereocenters. The van der Waals surface area contributed by atoms with Crippen molar-refractivity contribution in [1.82, 2.24) is 25.1 Å². The molecule has 11 heteroatoms. The van der Waals surface area contributed by atoms with Crippen molar-refractivity contribution in [3.05, 3.63) is 76.2 Å². The number of amides is 1. The number of halogens is 2. The number of aromatic amines is 1. The molecule has 1 amide bonds. The molecule has 4 aromatic rings. The van der Waals surface area contributed by atoms with Crippen molar-refractivity contribution in [3.8, 4) is 11.4 Å². The van der Waals surface area contributed by atoms with E-state index in [9.17, 15) is 18.4 Å². The van der Waals surface area contributed by atoms with Crippen molar-refractivity contribution < 1.29 is 18.3 Å². The van der Waals surface area contributed by atoms with Crippen molar-refractivity contribution in [2.24, 2.45) is 0 Å². The smallest absolute Gasteiger partial charge is 0.269 e. The van der Waals surface area contributed by atoms with Gasteiger partial charge < -0.3 is 10.1 Å². The number of ether oxygens (including phenoxy) is 1. The van der Waals surface area contributed by atoms with E-state index in [1.54, 1.807) is 19.2 Å². The average molecular weight is 457 g/mol. The van der Waals surface area contributed by atoms with E-state index in [0.29, 0.717) is 12.3 Å². The van der Waals surface area contributed by atoms with Gasteiger partial charge in [-0.1, -0.05) is 23.9 Å². The van der Waals surface area contributed by atoms with Crippen molar-refractivity contribution in [2.75, 3.05) is 12.9 Å². The summed E-state index contributed by atoms with van der Waals surface area (Å²) in [5, 5.41) is 9.52. The summed E-state index contributed by atoms with van der Waals surface area (Å²) >= 11 is 0.989. The number of benzene rings is 2. The minimum absolute atomic E-state index is 0.0497. The fourth-order valence-corrected chi connectivity index (χ4v) is 3.78. The van der Waals surface area contributed by atoms with E-state index in [1.165, 1.54) is 12.3 Å². The molecule has 0 fully saturated rings. The Hall–Kier alpha value is -3.73. The van der Waals surface area contributed by atoms with Gasteiger partial charge in [-0.2, -0.15) is 5.10 Å². The summed E-state index contributed by atoms with van der Waals surface area (Å²) in [6, 6.07) is 10.3. The van der Waals surface area contributed by atoms with Crippen molar-refractivity contribution in [2.45, 2.75) is 11.7 Å². The van der Waals surface area contributed by atoms with Gasteiger partial charge in [0.25, 0.3) is 5.56 Å². The number of hydrogen-bond acceptors (Lipinski definition) is 6. The lowest BCUT2D eigenvalue weighted by Crippen LogP contribution is -2.26. The molecule has 2 aromatic heterocycles. The lowest BCUT2D eigenvalue weighted by Gasteiger charge is -2.12. The number of fused-ring (bicyclic) bond motifs is 1. The van der Waals surface area contributed by atoms with E-state index in [1.807, 2.05) is 12.1 Å². The first-order valence-electron chi connectivity index (χ1n) is 9.40. The summed E-state index contributed by atoms with van der Waals surface area (Å²) in [6.45, 7) is 0.312. The lowest BCUT2D eigenvalue weighted by molar-refractivity contribution is -0.118. The Kier molecular flexibility index (Phi) is 6.17. The molecule has 32 heavy (non-hydrogen) atoms. The SMILES string of the molecule is COc1ccc(CNC(=O)CSc2nc3[nH]ncc3c(=O)n2-c2ccc(F)c(F)c2)cc1. The molecule has 2 N–H and O–H groups in total. The minimum atomic E-state index is -1.10. The van der Waals surface area contributed by atoms with Crippen LogP contribution in [0.4, 0.5) is 8.78 Å². The van der Waals surface area contributed by atoms with E-state index in [-0.39, 0.29) is 33.5 Å². The molecule has 0 aliphatic rings. The Bertz CT molecular complexity index is 1340. The standard InChI is InChI=1S/C21H17F2N5O3S/c1-31-14-5-2-12(3-6-14)9-24-18(29)11-32-21-26-19-15(10-25-27-19)20(30)28(21)13-4-7-16(22)17(23)8-13/h2-8,10H,9,11H2,1H3,(H,24,29)(H,25,27). The van der Waals surface area contributed by atoms with Gasteiger partial charge in [0.1, 0.15) is 11.1 Å². The lowest BCUT2D eigenvalue weighted by atomic mass is 10.2. The average Bonchev–Trinajstić information content (AvgIpc) is 3.28. The number of nitrogens with zero attached hydrogens (tertiary/aromatic N) is 3. The molecule has 0 saturated carbocycles. The van der Waals surface area contributed by atoms with Crippen LogP contribution in [0.25, 0.3) is 16.7 Å². The largest absolute Gasteiger partial charge is 0.497 e. The van der Waals surface area contributed by atoms with Gasteiger partial charge in [-0.15, -0.1) is 0 Å². The number of carbonyl (C=O) groups excluding carboxylic acids is 1. The molecule has 4 rings (SSSR count). The third-order valence-corrected chi connectivity index (χ3v) is 5.53. The zero-order valence-electron chi connectivity index (χ0n) is 16.8. The number of rotatable bonds is 7. The van der Waals surface area contributed by atoms with Crippen LogP contribution < -0.4 is 15.6 Å². The van der Waals surface area contributed by atoms with Gasteiger partial charge >= 0.3 is 0 Å². The van der Waals surface area contributed by atoms with Gasteiger partial charge in [-0.3, -0.25) is 19.3 Å². The minimum Gasteiger partial charge on any atom is -0.497 e. The van der Waals surface area contributed by atoms with Crippen molar-refractivity contribution in [3.63, 3.8) is 0 Å². The highest BCUT2D eigenvalue weighted by molar-refractivity contribution is 7.99. The summed E-state index contributed by atoms with van der Waals surface area (Å²) in [6.07, 6.45) is 1.30. The van der Waals surface area contributed by atoms with E-state index in [0.717, 1.165) is 34.0 Å². The molecule has 0 aliphatic heterocycles. The van der Waals surface area contributed by atoms with Crippen LogP contribution in [0, 0.1) is 11.6 Å². The van der Waals surface area contributed by atoms with Crippen molar-refractivity contribution in [1.29, 1.82) is 0 Å². The molecule has 2 aromatic carbocycles. The van der Waals surface area contributed by atoms with Crippen LogP contribution in [-0.4, -0.2) is 38.5 Å². The van der Waals surface area contributed by atoms with E-state index in [2.05, 4.69) is 20.5 Å². The first kappa shape index (κ1) is 21.5. The van der Waals surface area contributed by atoms with Gasteiger partial charge in [-0.25, -0.2) is 13.8 Å². The zero-order chi connectivity index (χ0) is 22.7. The Morgan fingerprint density at radius 2 is 1.97 bits per heavy atom. The molecule has 0 spiro atoms. The first-order chi connectivity index (χ1) is 15.5. The van der Waals surface area contributed by atoms with Crippen LogP contribution in [-0.2, 0) is 11.3 Å². The molecule has 164 valence electrons. The summed E-state index contributed by atoms with van der Waals surface area (Å²) in [5.74, 6) is -1.76. The number of methoxy groups -OCH3 is 1. The topological polar surface area (TPSA) is 102 Å². The van der Waals surface area contributed by atoms with Gasteiger partial charge in [0.05, 0.1) is 24.7 Å². The summed E-state index contributed by atoms with van der Waals surface area (Å²) in [7, 11) is 1.57. The van der Waals surface area contributed by atoms with Gasteiger partial charge in [-0.05, 0) is 29.8 Å². The molecular weight excluding hydrogens is 440 g/mol. The van der Waals surface area contributed by atoms with Crippen LogP contribution >= 0.6 is 11.8 Å². The van der Waals surface area contributed by atoms with Crippen molar-refractivity contribution >= 4 is 28.7 Å². The maximum Gasteiger partial charge on any atom is 0.269 e. The Morgan fingerprint density at radius 1 is 1.19 bits per heavy atom. The predicted octanol–water partition coefficient (Wildman–Crippen LogP) is 2.80. The first-order valence-corrected chi connectivity index (χ1v) is 10.4. The number of carbonyl (C=O) groups is 1. The molecule has 0 atom stereocenters. The molecule has 8 nitrogen and oxygen atoms in total.